The number of hydrogen-bond donors (Lipinski definition) is 1. The third kappa shape index (κ3) is 2.88. The van der Waals surface area contributed by atoms with Crippen molar-refractivity contribution in [2.45, 2.75) is 32.5 Å². The molecule has 0 radical (unpaired) electrons. The zero-order valence-electron chi connectivity index (χ0n) is 12.7. The summed E-state index contributed by atoms with van der Waals surface area (Å²) in [5, 5.41) is 3.43. The molecule has 0 spiro atoms. The summed E-state index contributed by atoms with van der Waals surface area (Å²) < 4.78 is 13.3. The van der Waals surface area contributed by atoms with Gasteiger partial charge in [0.05, 0.1) is 19.1 Å². The Morgan fingerprint density at radius 3 is 3.00 bits per heavy atom. The molecule has 2 aromatic rings. The lowest BCUT2D eigenvalue weighted by Gasteiger charge is -2.12. The Balaban J connectivity index is 1.70. The molecule has 1 aliphatic heterocycles. The van der Waals surface area contributed by atoms with E-state index >= 15 is 0 Å². The number of aryl methyl sites for hydroxylation is 1. The Morgan fingerprint density at radius 2 is 2.29 bits per heavy atom. The molecular formula is C16H21N3O2. The van der Waals surface area contributed by atoms with Crippen molar-refractivity contribution in [2.24, 2.45) is 7.05 Å². The Kier molecular flexibility index (Phi) is 3.84. The van der Waals surface area contributed by atoms with Crippen LogP contribution in [0.1, 0.15) is 23.7 Å². The zero-order valence-corrected chi connectivity index (χ0v) is 12.7. The first-order chi connectivity index (χ1) is 10.2. The van der Waals surface area contributed by atoms with E-state index < -0.39 is 0 Å². The second-order valence-electron chi connectivity index (χ2n) is 5.50. The molecule has 5 heteroatoms. The Hall–Kier alpha value is -2.01. The van der Waals surface area contributed by atoms with Gasteiger partial charge in [-0.1, -0.05) is 0 Å². The minimum Gasteiger partial charge on any atom is -0.496 e. The largest absolute Gasteiger partial charge is 0.496 e. The summed E-state index contributed by atoms with van der Waals surface area (Å²) in [4.78, 5) is 4.11. The maximum absolute atomic E-state index is 5.82. The van der Waals surface area contributed by atoms with Gasteiger partial charge >= 0.3 is 0 Å². The quantitative estimate of drug-likeness (QED) is 0.914. The summed E-state index contributed by atoms with van der Waals surface area (Å²) in [6.45, 7) is 3.60. The molecule has 0 saturated heterocycles. The molecule has 1 aromatic carbocycles. The minimum absolute atomic E-state index is 0.252. The number of nitrogens with one attached hydrogen (secondary N) is 1. The van der Waals surface area contributed by atoms with Crippen LogP contribution < -0.4 is 14.8 Å². The van der Waals surface area contributed by atoms with Crippen LogP contribution in [0.4, 0.5) is 0 Å². The van der Waals surface area contributed by atoms with Crippen LogP contribution in [0.2, 0.25) is 0 Å². The second-order valence-corrected chi connectivity index (χ2v) is 5.50. The van der Waals surface area contributed by atoms with Crippen molar-refractivity contribution in [3.8, 4) is 11.5 Å². The maximum Gasteiger partial charge on any atom is 0.123 e. The van der Waals surface area contributed by atoms with Gasteiger partial charge in [-0.05, 0) is 19.1 Å². The summed E-state index contributed by atoms with van der Waals surface area (Å²) in [6, 6.07) is 4.19. The van der Waals surface area contributed by atoms with E-state index in [4.69, 9.17) is 9.47 Å². The van der Waals surface area contributed by atoms with Gasteiger partial charge in [0.1, 0.15) is 17.6 Å². The molecule has 1 aromatic heterocycles. The van der Waals surface area contributed by atoms with E-state index in [1.165, 1.54) is 5.56 Å². The highest BCUT2D eigenvalue weighted by Gasteiger charge is 2.21. The molecule has 0 unspecified atom stereocenters. The van der Waals surface area contributed by atoms with Crippen LogP contribution in [0.15, 0.2) is 24.7 Å². The van der Waals surface area contributed by atoms with E-state index in [9.17, 15) is 0 Å². The van der Waals surface area contributed by atoms with Gasteiger partial charge in [0.15, 0.2) is 0 Å². The first-order valence-corrected chi connectivity index (χ1v) is 7.19. The van der Waals surface area contributed by atoms with Crippen LogP contribution in [-0.4, -0.2) is 22.8 Å². The highest BCUT2D eigenvalue weighted by atomic mass is 16.5. The van der Waals surface area contributed by atoms with Gasteiger partial charge in [0.25, 0.3) is 0 Å². The van der Waals surface area contributed by atoms with E-state index in [-0.39, 0.29) is 6.10 Å². The molecule has 112 valence electrons. The third-order valence-electron chi connectivity index (χ3n) is 3.84. The number of imidazole rings is 1. The van der Waals surface area contributed by atoms with E-state index in [1.54, 1.807) is 7.11 Å². The molecule has 1 aliphatic rings. The predicted octanol–water partition coefficient (Wildman–Crippen LogP) is 2.04. The number of rotatable bonds is 5. The van der Waals surface area contributed by atoms with Gasteiger partial charge in [0, 0.05) is 43.9 Å². The molecule has 0 aliphatic carbocycles. The van der Waals surface area contributed by atoms with Gasteiger partial charge in [0.2, 0.25) is 0 Å². The summed E-state index contributed by atoms with van der Waals surface area (Å²) in [5.41, 5.74) is 3.50. The fraction of sp³-hybridized carbons (Fsp3) is 0.438. The molecule has 5 nitrogen and oxygen atoms in total. The van der Waals surface area contributed by atoms with Crippen LogP contribution in [-0.2, 0) is 26.6 Å². The van der Waals surface area contributed by atoms with Crippen molar-refractivity contribution in [3.63, 3.8) is 0 Å². The second kappa shape index (κ2) is 5.77. The standard InChI is InChI=1S/C16H21N3O2/c1-11-4-12-5-15(20-3)13(6-16(12)21-11)7-17-8-14-9-18-10-19(14)2/h5-6,9-11,17H,4,7-8H2,1-3H3/t11-/m0/s1. The van der Waals surface area contributed by atoms with Gasteiger partial charge in [-0.25, -0.2) is 4.98 Å². The molecule has 3 rings (SSSR count). The average Bonchev–Trinajstić information content (AvgIpc) is 3.02. The van der Waals surface area contributed by atoms with Crippen LogP contribution in [0, 0.1) is 0 Å². The number of fused-ring (bicyclic) bond motifs is 1. The Morgan fingerprint density at radius 1 is 1.43 bits per heavy atom. The lowest BCUT2D eigenvalue weighted by molar-refractivity contribution is 0.254. The highest BCUT2D eigenvalue weighted by molar-refractivity contribution is 5.48. The monoisotopic (exact) mass is 287 g/mol. The molecule has 1 atom stereocenters. The lowest BCUT2D eigenvalue weighted by Crippen LogP contribution is -2.15. The van der Waals surface area contributed by atoms with Gasteiger partial charge in [-0.15, -0.1) is 0 Å². The number of aromatic nitrogens is 2. The predicted molar refractivity (Wildman–Crippen MR) is 80.5 cm³/mol. The van der Waals surface area contributed by atoms with E-state index in [0.717, 1.165) is 42.3 Å². The van der Waals surface area contributed by atoms with Crippen LogP contribution >= 0.6 is 0 Å². The molecule has 0 saturated carbocycles. The Bertz CT molecular complexity index is 636. The molecular weight excluding hydrogens is 266 g/mol. The third-order valence-corrected chi connectivity index (χ3v) is 3.84. The molecule has 1 N–H and O–H groups in total. The lowest BCUT2D eigenvalue weighted by atomic mass is 10.1. The summed E-state index contributed by atoms with van der Waals surface area (Å²) in [7, 11) is 3.71. The van der Waals surface area contributed by atoms with Gasteiger partial charge in [-0.2, -0.15) is 0 Å². The van der Waals surface area contributed by atoms with Gasteiger partial charge in [-0.3, -0.25) is 0 Å². The van der Waals surface area contributed by atoms with E-state index in [1.807, 2.05) is 24.1 Å². The van der Waals surface area contributed by atoms with Crippen LogP contribution in [0.25, 0.3) is 0 Å². The number of hydrogen-bond acceptors (Lipinski definition) is 4. The first kappa shape index (κ1) is 13.9. The molecule has 0 fully saturated rings. The van der Waals surface area contributed by atoms with Crippen molar-refractivity contribution >= 4 is 0 Å². The molecule has 21 heavy (non-hydrogen) atoms. The normalized spacial score (nSPS) is 16.6. The van der Waals surface area contributed by atoms with Crippen molar-refractivity contribution in [2.75, 3.05) is 7.11 Å². The summed E-state index contributed by atoms with van der Waals surface area (Å²) in [5.74, 6) is 1.91. The van der Waals surface area contributed by atoms with E-state index in [2.05, 4.69) is 29.4 Å². The first-order valence-electron chi connectivity index (χ1n) is 7.19. The fourth-order valence-electron chi connectivity index (χ4n) is 2.69. The SMILES string of the molecule is COc1cc2c(cc1CNCc1cncn1C)O[C@@H](C)C2. The van der Waals surface area contributed by atoms with Crippen LogP contribution in [0.3, 0.4) is 0 Å². The van der Waals surface area contributed by atoms with E-state index in [0.29, 0.717) is 0 Å². The zero-order chi connectivity index (χ0) is 14.8. The van der Waals surface area contributed by atoms with Crippen LogP contribution in [0.5, 0.6) is 11.5 Å². The van der Waals surface area contributed by atoms with Crippen molar-refractivity contribution < 1.29 is 9.47 Å². The van der Waals surface area contributed by atoms with Crippen molar-refractivity contribution in [3.05, 3.63) is 41.5 Å². The minimum atomic E-state index is 0.252. The van der Waals surface area contributed by atoms with Gasteiger partial charge < -0.3 is 19.4 Å². The summed E-state index contributed by atoms with van der Waals surface area (Å²) in [6.07, 6.45) is 4.89. The number of methoxy groups -OCH3 is 1. The van der Waals surface area contributed by atoms with Crippen molar-refractivity contribution in [1.29, 1.82) is 0 Å². The number of benzene rings is 1. The number of nitrogens with zero attached hydrogens (tertiary/aromatic N) is 2. The highest BCUT2D eigenvalue weighted by Crippen LogP contribution is 2.34. The Labute approximate surface area is 124 Å². The summed E-state index contributed by atoms with van der Waals surface area (Å²) >= 11 is 0. The fourth-order valence-corrected chi connectivity index (χ4v) is 2.69. The topological polar surface area (TPSA) is 48.3 Å². The number of ether oxygens (including phenoxy) is 2. The average molecular weight is 287 g/mol. The van der Waals surface area contributed by atoms with Crippen molar-refractivity contribution in [1.82, 2.24) is 14.9 Å². The molecule has 0 amide bonds. The molecule has 2 heterocycles. The maximum atomic E-state index is 5.82. The molecule has 0 bridgehead atoms. The smallest absolute Gasteiger partial charge is 0.123 e.